The van der Waals surface area contributed by atoms with E-state index in [2.05, 4.69) is 23.2 Å². The Morgan fingerprint density at radius 3 is 2.88 bits per heavy atom. The van der Waals surface area contributed by atoms with Gasteiger partial charge in [0.15, 0.2) is 12.3 Å². The van der Waals surface area contributed by atoms with E-state index in [-0.39, 0.29) is 36.6 Å². The zero-order chi connectivity index (χ0) is 10.3. The van der Waals surface area contributed by atoms with E-state index in [1.165, 1.54) is 11.1 Å². The first-order valence-electron chi connectivity index (χ1n) is 5.10. The molecule has 0 fully saturated rings. The Hall–Kier alpha value is -1.23. The van der Waals surface area contributed by atoms with Crippen LogP contribution >= 0.6 is 0 Å². The maximum Gasteiger partial charge on any atom is 1.00 e. The van der Waals surface area contributed by atoms with Crippen molar-refractivity contribution in [3.8, 4) is 0 Å². The van der Waals surface area contributed by atoms with Crippen LogP contribution in [0, 0.1) is 0 Å². The molecule has 0 bridgehead atoms. The van der Waals surface area contributed by atoms with Gasteiger partial charge in [0.1, 0.15) is 0 Å². The van der Waals surface area contributed by atoms with Gasteiger partial charge in [0.05, 0.1) is 5.92 Å². The van der Waals surface area contributed by atoms with E-state index in [1.807, 2.05) is 24.4 Å². The molecular formula is C13H11LiNO+. The molecule has 0 radical (unpaired) electrons. The Balaban J connectivity index is 0.000000963. The van der Waals surface area contributed by atoms with E-state index in [1.54, 1.807) is 6.08 Å². The summed E-state index contributed by atoms with van der Waals surface area (Å²) in [5.41, 5.74) is 2.41. The van der Waals surface area contributed by atoms with E-state index in [9.17, 15) is 5.11 Å². The average molecular weight is 204 g/mol. The molecule has 0 amide bonds. The van der Waals surface area contributed by atoms with Gasteiger partial charge in [0.2, 0.25) is 0 Å². The topological polar surface area (TPSA) is 37.0 Å². The largest absolute Gasteiger partial charge is 1.00 e. The second kappa shape index (κ2) is 4.33. The molecular weight excluding hydrogens is 193 g/mol. The first-order chi connectivity index (χ1) is 7.36. The van der Waals surface area contributed by atoms with Gasteiger partial charge < -0.3 is 5.11 Å². The molecule has 0 aromatic heterocycles. The molecule has 2 unspecified atom stereocenters. The third-order valence-electron chi connectivity index (χ3n) is 3.02. The summed E-state index contributed by atoms with van der Waals surface area (Å²) in [5.74, 6) is 0.344. The van der Waals surface area contributed by atoms with Gasteiger partial charge in [-0.05, 0) is 11.6 Å². The molecule has 1 aromatic rings. The van der Waals surface area contributed by atoms with Crippen molar-refractivity contribution in [2.45, 2.75) is 12.0 Å². The van der Waals surface area contributed by atoms with Gasteiger partial charge in [0, 0.05) is 5.56 Å². The average Bonchev–Trinajstić information content (AvgIpc) is 2.29. The molecule has 3 heteroatoms. The van der Waals surface area contributed by atoms with Gasteiger partial charge in [-0.1, -0.05) is 42.2 Å². The smallest absolute Gasteiger partial charge is 0.871 e. The van der Waals surface area contributed by atoms with Gasteiger partial charge in [-0.25, -0.2) is 4.99 Å². The van der Waals surface area contributed by atoms with Crippen LogP contribution in [-0.2, 0) is 0 Å². The van der Waals surface area contributed by atoms with Gasteiger partial charge in [-0.15, -0.1) is 0 Å². The van der Waals surface area contributed by atoms with Crippen LogP contribution in [0.2, 0.25) is 0 Å². The van der Waals surface area contributed by atoms with Crippen LogP contribution in [0.5, 0.6) is 0 Å². The second-order valence-electron chi connectivity index (χ2n) is 3.90. The molecule has 2 atom stereocenters. The molecule has 0 saturated carbocycles. The Labute approximate surface area is 107 Å². The molecule has 2 nitrogen and oxygen atoms in total. The van der Waals surface area contributed by atoms with E-state index < -0.39 is 0 Å². The summed E-state index contributed by atoms with van der Waals surface area (Å²) in [4.78, 5) is 3.17. The van der Waals surface area contributed by atoms with Crippen LogP contribution in [-0.4, -0.2) is 12.3 Å². The fourth-order valence-electron chi connectivity index (χ4n) is 2.26. The zero-order valence-corrected chi connectivity index (χ0v) is 9.18. The molecule has 1 N–H and O–H groups in total. The molecule has 1 aliphatic carbocycles. The Morgan fingerprint density at radius 2 is 2.00 bits per heavy atom. The number of fused-ring (bicyclic) bond motifs is 3. The van der Waals surface area contributed by atoms with Crippen molar-refractivity contribution in [1.82, 2.24) is 0 Å². The Kier molecular flexibility index (Phi) is 3.05. The number of rotatable bonds is 0. The predicted octanol–water partition coefficient (Wildman–Crippen LogP) is -3.53. The summed E-state index contributed by atoms with van der Waals surface area (Å²) < 4.78 is 0. The summed E-state index contributed by atoms with van der Waals surface area (Å²) in [6, 6.07) is 8.08. The van der Waals surface area contributed by atoms with E-state index in [0.717, 1.165) is 0 Å². The number of hydrogen-bond donors (Lipinski definition) is 1. The van der Waals surface area contributed by atoms with Crippen molar-refractivity contribution in [3.05, 3.63) is 59.4 Å². The van der Waals surface area contributed by atoms with Crippen molar-refractivity contribution in [1.29, 1.82) is 0 Å². The minimum atomic E-state index is -0.107. The van der Waals surface area contributed by atoms with Crippen molar-refractivity contribution in [2.75, 3.05) is 0 Å². The van der Waals surface area contributed by atoms with Crippen LogP contribution in [0.25, 0.3) is 0 Å². The van der Waals surface area contributed by atoms with Gasteiger partial charge in [0.25, 0.3) is 0 Å². The normalized spacial score (nSPS) is 25.1. The zero-order valence-electron chi connectivity index (χ0n) is 9.18. The van der Waals surface area contributed by atoms with E-state index in [0.29, 0.717) is 0 Å². The molecule has 1 aromatic carbocycles. The monoisotopic (exact) mass is 204 g/mol. The summed E-state index contributed by atoms with van der Waals surface area (Å²) >= 11 is 0. The fourth-order valence-corrected chi connectivity index (χ4v) is 2.26. The number of benzene rings is 1. The molecule has 2 aliphatic rings. The van der Waals surface area contributed by atoms with E-state index >= 15 is 0 Å². The van der Waals surface area contributed by atoms with Crippen molar-refractivity contribution in [3.63, 3.8) is 0 Å². The van der Waals surface area contributed by atoms with Crippen LogP contribution in [0.15, 0.2) is 48.3 Å². The molecule has 1 heterocycles. The summed E-state index contributed by atoms with van der Waals surface area (Å²) in [6.45, 7) is 0. The number of hydrogen-bond acceptors (Lipinski definition) is 1. The van der Waals surface area contributed by atoms with Crippen molar-refractivity contribution >= 4 is 6.21 Å². The molecule has 74 valence electrons. The number of allylic oxidation sites excluding steroid dienone is 2. The minimum Gasteiger partial charge on any atom is -0.871 e. The SMILES string of the molecule is [Li+].[O-]C1=CC=CC2c3ccccc3C=[NH+]C12. The predicted molar refractivity (Wildman–Crippen MR) is 56.3 cm³/mol. The first-order valence-corrected chi connectivity index (χ1v) is 5.10. The maximum atomic E-state index is 11.6. The maximum absolute atomic E-state index is 11.6. The fraction of sp³-hybridized carbons (Fsp3) is 0.154. The molecule has 1 aliphatic heterocycles. The third-order valence-corrected chi connectivity index (χ3v) is 3.02. The minimum absolute atomic E-state index is 0. The second-order valence-corrected chi connectivity index (χ2v) is 3.90. The van der Waals surface area contributed by atoms with Gasteiger partial charge in [-0.3, -0.25) is 0 Å². The van der Waals surface area contributed by atoms with Crippen molar-refractivity contribution in [2.24, 2.45) is 0 Å². The van der Waals surface area contributed by atoms with E-state index in [4.69, 9.17) is 0 Å². The standard InChI is InChI=1S/C13H11NO.Li/c15-12-7-3-6-11-10-5-2-1-4-9(10)8-14-13(11)12;/h1-8,11,13,15H;/q;+1. The summed E-state index contributed by atoms with van der Waals surface area (Å²) in [6.07, 6.45) is 7.51. The van der Waals surface area contributed by atoms with Crippen LogP contribution in [0.3, 0.4) is 0 Å². The van der Waals surface area contributed by atoms with Crippen LogP contribution < -0.4 is 29.0 Å². The third kappa shape index (κ3) is 1.65. The van der Waals surface area contributed by atoms with Crippen LogP contribution in [0.1, 0.15) is 17.0 Å². The van der Waals surface area contributed by atoms with Crippen LogP contribution in [0.4, 0.5) is 0 Å². The molecule has 16 heavy (non-hydrogen) atoms. The summed E-state index contributed by atoms with van der Waals surface area (Å²) in [7, 11) is 0. The Bertz CT molecular complexity index is 490. The first kappa shape index (κ1) is 11.3. The quantitative estimate of drug-likeness (QED) is 0.437. The van der Waals surface area contributed by atoms with Gasteiger partial charge >= 0.3 is 18.9 Å². The van der Waals surface area contributed by atoms with Crippen molar-refractivity contribution < 1.29 is 29.0 Å². The Morgan fingerprint density at radius 1 is 1.19 bits per heavy atom. The molecule has 0 spiro atoms. The summed E-state index contributed by atoms with van der Waals surface area (Å²) in [5, 5.41) is 11.6. The molecule has 0 saturated heterocycles. The van der Waals surface area contributed by atoms with Gasteiger partial charge in [-0.2, -0.15) is 0 Å². The molecule has 3 rings (SSSR count). The number of nitrogens with one attached hydrogen (secondary N) is 1.